The fourth-order valence-corrected chi connectivity index (χ4v) is 4.95. The van der Waals surface area contributed by atoms with Gasteiger partial charge in [-0.1, -0.05) is 12.1 Å². The van der Waals surface area contributed by atoms with Crippen molar-refractivity contribution in [3.63, 3.8) is 0 Å². The van der Waals surface area contributed by atoms with Crippen molar-refractivity contribution in [2.24, 2.45) is 0 Å². The summed E-state index contributed by atoms with van der Waals surface area (Å²) in [6, 6.07) is 7.02. The summed E-state index contributed by atoms with van der Waals surface area (Å²) in [5, 5.41) is 5.08. The number of imide groups is 1. The highest BCUT2D eigenvalue weighted by molar-refractivity contribution is 6.04. The molecular formula is C25H24F3N5O4. The Morgan fingerprint density at radius 1 is 1.05 bits per heavy atom. The van der Waals surface area contributed by atoms with Gasteiger partial charge in [0, 0.05) is 43.2 Å². The summed E-state index contributed by atoms with van der Waals surface area (Å²) in [5.74, 6) is -1.14. The van der Waals surface area contributed by atoms with Crippen LogP contribution in [0.15, 0.2) is 36.4 Å². The van der Waals surface area contributed by atoms with Crippen LogP contribution in [0.1, 0.15) is 57.7 Å². The molecule has 0 spiro atoms. The summed E-state index contributed by atoms with van der Waals surface area (Å²) >= 11 is 0. The summed E-state index contributed by atoms with van der Waals surface area (Å²) in [6.45, 7) is 1.31. The van der Waals surface area contributed by atoms with Crippen molar-refractivity contribution in [2.45, 2.75) is 50.5 Å². The number of fused-ring (bicyclic) bond motifs is 1. The molecule has 0 saturated carbocycles. The van der Waals surface area contributed by atoms with Crippen LogP contribution in [0.5, 0.6) is 0 Å². The monoisotopic (exact) mass is 515 g/mol. The number of nitrogens with zero attached hydrogens (tertiary/aromatic N) is 3. The molecule has 1 aromatic carbocycles. The number of nitrogens with one attached hydrogen (secondary N) is 2. The highest BCUT2D eigenvalue weighted by Gasteiger charge is 2.40. The Balaban J connectivity index is 1.19. The Morgan fingerprint density at radius 3 is 2.51 bits per heavy atom. The lowest BCUT2D eigenvalue weighted by atomic mass is 10.0. The van der Waals surface area contributed by atoms with Gasteiger partial charge in [-0.05, 0) is 43.5 Å². The number of carbonyl (C=O) groups is 4. The lowest BCUT2D eigenvalue weighted by Crippen LogP contribution is -2.52. The molecule has 0 aliphatic carbocycles. The maximum absolute atomic E-state index is 13.0. The number of aromatic nitrogens is 1. The minimum absolute atomic E-state index is 0.0448. The Kier molecular flexibility index (Phi) is 6.34. The molecular weight excluding hydrogens is 491 g/mol. The van der Waals surface area contributed by atoms with Gasteiger partial charge in [-0.25, -0.2) is 4.98 Å². The van der Waals surface area contributed by atoms with E-state index in [2.05, 4.69) is 15.6 Å². The number of amides is 4. The van der Waals surface area contributed by atoms with Gasteiger partial charge < -0.3 is 15.1 Å². The normalized spacial score (nSPS) is 20.6. The summed E-state index contributed by atoms with van der Waals surface area (Å²) < 4.78 is 38.9. The molecule has 194 valence electrons. The van der Waals surface area contributed by atoms with Gasteiger partial charge in [0.1, 0.15) is 17.6 Å². The first-order chi connectivity index (χ1) is 17.6. The summed E-state index contributed by atoms with van der Waals surface area (Å²) in [5.41, 5.74) is 0.0730. The molecule has 2 aromatic rings. The molecule has 12 heteroatoms. The van der Waals surface area contributed by atoms with E-state index in [-0.39, 0.29) is 48.5 Å². The van der Waals surface area contributed by atoms with Gasteiger partial charge in [0.15, 0.2) is 0 Å². The van der Waals surface area contributed by atoms with Crippen LogP contribution in [0, 0.1) is 0 Å². The Labute approximate surface area is 210 Å². The lowest BCUT2D eigenvalue weighted by Gasteiger charge is -2.33. The van der Waals surface area contributed by atoms with Crippen LogP contribution in [0.4, 0.5) is 19.0 Å². The van der Waals surface area contributed by atoms with Crippen LogP contribution in [-0.4, -0.2) is 58.7 Å². The maximum atomic E-state index is 13.0. The molecule has 4 heterocycles. The number of hydrogen-bond acceptors (Lipinski definition) is 6. The molecule has 1 aromatic heterocycles. The van der Waals surface area contributed by atoms with Crippen LogP contribution in [-0.2, 0) is 22.3 Å². The molecule has 3 aliphatic rings. The zero-order valence-corrected chi connectivity index (χ0v) is 19.7. The first-order valence-corrected chi connectivity index (χ1v) is 12.0. The predicted octanol–water partition coefficient (Wildman–Crippen LogP) is 2.26. The summed E-state index contributed by atoms with van der Waals surface area (Å²) in [4.78, 5) is 57.2. The molecule has 2 N–H and O–H groups in total. The third-order valence-electron chi connectivity index (χ3n) is 6.96. The fourth-order valence-electron chi connectivity index (χ4n) is 4.95. The standard InChI is InChI=1S/C25H24F3N5O4/c26-25(27,28)16-3-1-2-14(12-16)22(35)29-17-8-10-32(11-9-17)19-6-4-15-13-33(24(37)21(15)30-19)18-5-7-20(34)31-23(18)36/h1-4,6,12,17-18H,5,7-11,13H2,(H,29,35)(H,31,34,36). The molecule has 3 aliphatic heterocycles. The summed E-state index contributed by atoms with van der Waals surface area (Å²) in [7, 11) is 0. The van der Waals surface area contributed by atoms with Crippen molar-refractivity contribution in [3.05, 3.63) is 58.8 Å². The van der Waals surface area contributed by atoms with Gasteiger partial charge in [-0.15, -0.1) is 0 Å². The van der Waals surface area contributed by atoms with E-state index in [9.17, 15) is 32.3 Å². The third-order valence-corrected chi connectivity index (χ3v) is 6.96. The van der Waals surface area contributed by atoms with E-state index >= 15 is 0 Å². The average Bonchev–Trinajstić information content (AvgIpc) is 3.19. The summed E-state index contributed by atoms with van der Waals surface area (Å²) in [6.07, 6.45) is -2.96. The van der Waals surface area contributed by atoms with Crippen LogP contribution in [0.2, 0.25) is 0 Å². The van der Waals surface area contributed by atoms with E-state index < -0.39 is 29.6 Å². The number of benzene rings is 1. The van der Waals surface area contributed by atoms with Gasteiger partial charge in [0.2, 0.25) is 11.8 Å². The molecule has 9 nitrogen and oxygen atoms in total. The fraction of sp³-hybridized carbons (Fsp3) is 0.400. The van der Waals surface area contributed by atoms with Gasteiger partial charge in [0.05, 0.1) is 5.56 Å². The van der Waals surface area contributed by atoms with E-state index in [4.69, 9.17) is 0 Å². The second-order valence-corrected chi connectivity index (χ2v) is 9.39. The van der Waals surface area contributed by atoms with E-state index in [1.807, 2.05) is 17.0 Å². The quantitative estimate of drug-likeness (QED) is 0.605. The van der Waals surface area contributed by atoms with Crippen molar-refractivity contribution in [1.82, 2.24) is 20.5 Å². The van der Waals surface area contributed by atoms with Crippen molar-refractivity contribution in [2.75, 3.05) is 18.0 Å². The minimum Gasteiger partial charge on any atom is -0.356 e. The highest BCUT2D eigenvalue weighted by atomic mass is 19.4. The molecule has 0 radical (unpaired) electrons. The lowest BCUT2D eigenvalue weighted by molar-refractivity contribution is -0.138. The van der Waals surface area contributed by atoms with E-state index in [1.165, 1.54) is 17.0 Å². The number of hydrogen-bond donors (Lipinski definition) is 2. The number of halogens is 3. The Morgan fingerprint density at radius 2 is 1.81 bits per heavy atom. The number of carbonyl (C=O) groups excluding carboxylic acids is 4. The van der Waals surface area contributed by atoms with Crippen LogP contribution >= 0.6 is 0 Å². The Bertz CT molecular complexity index is 1270. The maximum Gasteiger partial charge on any atom is 0.416 e. The van der Waals surface area contributed by atoms with Gasteiger partial charge in [-0.3, -0.25) is 24.5 Å². The molecule has 5 rings (SSSR count). The van der Waals surface area contributed by atoms with Crippen molar-refractivity contribution < 1.29 is 32.3 Å². The van der Waals surface area contributed by atoms with E-state index in [0.29, 0.717) is 37.3 Å². The molecule has 0 bridgehead atoms. The molecule has 2 saturated heterocycles. The topological polar surface area (TPSA) is 112 Å². The zero-order chi connectivity index (χ0) is 26.3. The molecule has 37 heavy (non-hydrogen) atoms. The third kappa shape index (κ3) is 5.00. The SMILES string of the molecule is O=C1CCC(N2Cc3ccc(N4CCC(NC(=O)c5cccc(C(F)(F)F)c5)CC4)nc3C2=O)C(=O)N1. The molecule has 1 atom stereocenters. The van der Waals surface area contributed by atoms with Crippen molar-refractivity contribution in [1.29, 1.82) is 0 Å². The molecule has 2 fully saturated rings. The number of anilines is 1. The Hall–Kier alpha value is -3.96. The molecule has 4 amide bonds. The number of piperidine rings is 2. The first kappa shape index (κ1) is 24.7. The number of rotatable bonds is 4. The number of pyridine rings is 1. The van der Waals surface area contributed by atoms with E-state index in [0.717, 1.165) is 12.1 Å². The van der Waals surface area contributed by atoms with Crippen molar-refractivity contribution >= 4 is 29.4 Å². The van der Waals surface area contributed by atoms with Crippen LogP contribution in [0.25, 0.3) is 0 Å². The van der Waals surface area contributed by atoms with Gasteiger partial charge >= 0.3 is 6.18 Å². The average molecular weight is 515 g/mol. The largest absolute Gasteiger partial charge is 0.416 e. The molecule has 1 unspecified atom stereocenters. The van der Waals surface area contributed by atoms with Crippen LogP contribution in [0.3, 0.4) is 0 Å². The zero-order valence-electron chi connectivity index (χ0n) is 19.7. The van der Waals surface area contributed by atoms with Gasteiger partial charge in [-0.2, -0.15) is 13.2 Å². The van der Waals surface area contributed by atoms with E-state index in [1.54, 1.807) is 0 Å². The second-order valence-electron chi connectivity index (χ2n) is 9.39. The van der Waals surface area contributed by atoms with Crippen LogP contribution < -0.4 is 15.5 Å². The predicted molar refractivity (Wildman–Crippen MR) is 124 cm³/mol. The smallest absolute Gasteiger partial charge is 0.356 e. The highest BCUT2D eigenvalue weighted by Crippen LogP contribution is 2.30. The second kappa shape index (κ2) is 9.49. The number of alkyl halides is 3. The van der Waals surface area contributed by atoms with Crippen molar-refractivity contribution in [3.8, 4) is 0 Å². The van der Waals surface area contributed by atoms with Gasteiger partial charge in [0.25, 0.3) is 11.8 Å². The minimum atomic E-state index is -4.52. The first-order valence-electron chi connectivity index (χ1n) is 12.0.